The molecule has 1 amide bonds. The summed E-state index contributed by atoms with van der Waals surface area (Å²) in [5.41, 5.74) is 1.88. The maximum Gasteiger partial charge on any atom is 0.265 e. The molecule has 0 heterocycles. The number of amides is 1. The Bertz CT molecular complexity index is 701. The van der Waals surface area contributed by atoms with Crippen molar-refractivity contribution in [3.8, 4) is 5.75 Å². The first-order valence-corrected chi connectivity index (χ1v) is 8.15. The fourth-order valence-corrected chi connectivity index (χ4v) is 2.62. The molecule has 0 aliphatic rings. The molecule has 0 saturated heterocycles. The third-order valence-electron chi connectivity index (χ3n) is 3.41. The Kier molecular flexibility index (Phi) is 5.91. The van der Waals surface area contributed by atoms with E-state index in [1.807, 2.05) is 24.3 Å². The lowest BCUT2D eigenvalue weighted by Gasteiger charge is -2.18. The second kappa shape index (κ2) is 7.71. The van der Waals surface area contributed by atoms with Crippen LogP contribution in [0, 0.1) is 0 Å². The fraction of sp³-hybridized carbons (Fsp3) is 0.278. The summed E-state index contributed by atoms with van der Waals surface area (Å²) in [5.74, 6) is 0.508. The number of anilines is 1. The Morgan fingerprint density at radius 2 is 1.78 bits per heavy atom. The Balaban J connectivity index is 2.09. The number of rotatable bonds is 5. The quantitative estimate of drug-likeness (QED) is 0.769. The number of nitrogens with one attached hydrogen (secondary N) is 1. The van der Waals surface area contributed by atoms with Gasteiger partial charge in [0.25, 0.3) is 5.91 Å². The van der Waals surface area contributed by atoms with Crippen LogP contribution in [0.2, 0.25) is 10.0 Å². The van der Waals surface area contributed by atoms with Crippen LogP contribution in [-0.2, 0) is 4.79 Å². The van der Waals surface area contributed by atoms with Gasteiger partial charge in [-0.25, -0.2) is 0 Å². The summed E-state index contributed by atoms with van der Waals surface area (Å²) in [6.07, 6.45) is -0.686. The molecule has 3 nitrogen and oxygen atoms in total. The van der Waals surface area contributed by atoms with Crippen molar-refractivity contribution < 1.29 is 9.53 Å². The molecule has 0 bridgehead atoms. The van der Waals surface area contributed by atoms with Crippen molar-refractivity contribution in [2.75, 3.05) is 5.32 Å². The van der Waals surface area contributed by atoms with Crippen molar-refractivity contribution in [2.24, 2.45) is 0 Å². The van der Waals surface area contributed by atoms with Gasteiger partial charge >= 0.3 is 0 Å². The van der Waals surface area contributed by atoms with Gasteiger partial charge in [0, 0.05) is 10.7 Å². The van der Waals surface area contributed by atoms with Crippen LogP contribution >= 0.6 is 23.2 Å². The van der Waals surface area contributed by atoms with Gasteiger partial charge in [0.2, 0.25) is 0 Å². The SMILES string of the molecule is CC(C)c1ccccc1NC(=O)[C@H](C)Oc1ccc(Cl)cc1Cl. The zero-order chi connectivity index (χ0) is 17.0. The molecule has 122 valence electrons. The Morgan fingerprint density at radius 1 is 1.09 bits per heavy atom. The third kappa shape index (κ3) is 4.63. The topological polar surface area (TPSA) is 38.3 Å². The summed E-state index contributed by atoms with van der Waals surface area (Å²) in [5, 5.41) is 3.80. The molecule has 1 N–H and O–H groups in total. The summed E-state index contributed by atoms with van der Waals surface area (Å²) in [7, 11) is 0. The fourth-order valence-electron chi connectivity index (χ4n) is 2.16. The van der Waals surface area contributed by atoms with E-state index < -0.39 is 6.10 Å². The first-order chi connectivity index (χ1) is 10.9. The number of hydrogen-bond acceptors (Lipinski definition) is 2. The summed E-state index contributed by atoms with van der Waals surface area (Å²) in [4.78, 5) is 12.4. The Morgan fingerprint density at radius 3 is 2.43 bits per heavy atom. The molecule has 0 aromatic heterocycles. The molecule has 0 radical (unpaired) electrons. The predicted octanol–water partition coefficient (Wildman–Crippen LogP) is 5.52. The van der Waals surface area contributed by atoms with Gasteiger partial charge in [-0.15, -0.1) is 0 Å². The van der Waals surface area contributed by atoms with Crippen LogP contribution in [0.15, 0.2) is 42.5 Å². The van der Waals surface area contributed by atoms with Gasteiger partial charge in [-0.2, -0.15) is 0 Å². The van der Waals surface area contributed by atoms with Crippen molar-refractivity contribution >= 4 is 34.8 Å². The summed E-state index contributed by atoms with van der Waals surface area (Å²) in [6.45, 7) is 5.84. The first kappa shape index (κ1) is 17.6. The largest absolute Gasteiger partial charge is 0.479 e. The van der Waals surface area contributed by atoms with E-state index in [0.717, 1.165) is 11.3 Å². The van der Waals surface area contributed by atoms with Gasteiger partial charge in [0.05, 0.1) is 5.02 Å². The molecule has 2 aromatic carbocycles. The van der Waals surface area contributed by atoms with Crippen LogP contribution in [-0.4, -0.2) is 12.0 Å². The monoisotopic (exact) mass is 351 g/mol. The number of halogens is 2. The number of ether oxygens (including phenoxy) is 1. The Labute approximate surface area is 146 Å². The van der Waals surface area contributed by atoms with Gasteiger partial charge < -0.3 is 10.1 Å². The van der Waals surface area contributed by atoms with Crippen molar-refractivity contribution in [1.29, 1.82) is 0 Å². The lowest BCUT2D eigenvalue weighted by molar-refractivity contribution is -0.122. The van der Waals surface area contributed by atoms with E-state index in [9.17, 15) is 4.79 Å². The minimum absolute atomic E-state index is 0.232. The number of carbonyl (C=O) groups is 1. The molecule has 0 unspecified atom stereocenters. The molecule has 0 aliphatic carbocycles. The number of para-hydroxylation sites is 1. The van der Waals surface area contributed by atoms with Crippen molar-refractivity contribution in [1.82, 2.24) is 0 Å². The summed E-state index contributed by atoms with van der Waals surface area (Å²) in [6, 6.07) is 12.6. The van der Waals surface area contributed by atoms with E-state index in [0.29, 0.717) is 21.7 Å². The minimum Gasteiger partial charge on any atom is -0.479 e. The van der Waals surface area contributed by atoms with Gasteiger partial charge in [0.1, 0.15) is 5.75 Å². The molecular formula is C18H19Cl2NO2. The average molecular weight is 352 g/mol. The maximum atomic E-state index is 12.4. The van der Waals surface area contributed by atoms with Crippen LogP contribution < -0.4 is 10.1 Å². The van der Waals surface area contributed by atoms with Gasteiger partial charge in [-0.3, -0.25) is 4.79 Å². The van der Waals surface area contributed by atoms with E-state index in [-0.39, 0.29) is 5.91 Å². The second-order valence-corrected chi connectivity index (χ2v) is 6.41. The molecule has 23 heavy (non-hydrogen) atoms. The van der Waals surface area contributed by atoms with E-state index >= 15 is 0 Å². The molecule has 5 heteroatoms. The molecule has 2 aromatic rings. The lowest BCUT2D eigenvalue weighted by atomic mass is 10.0. The molecule has 0 fully saturated rings. The summed E-state index contributed by atoms with van der Waals surface area (Å²) >= 11 is 11.9. The smallest absolute Gasteiger partial charge is 0.265 e. The predicted molar refractivity (Wildman–Crippen MR) is 95.7 cm³/mol. The molecule has 0 spiro atoms. The Hall–Kier alpha value is -1.71. The highest BCUT2D eigenvalue weighted by Crippen LogP contribution is 2.29. The van der Waals surface area contributed by atoms with Gasteiger partial charge in [-0.05, 0) is 42.7 Å². The van der Waals surface area contributed by atoms with Gasteiger partial charge in [0.15, 0.2) is 6.10 Å². The maximum absolute atomic E-state index is 12.4. The molecule has 2 rings (SSSR count). The van der Waals surface area contributed by atoms with Crippen LogP contribution in [0.5, 0.6) is 5.75 Å². The molecule has 0 aliphatic heterocycles. The zero-order valence-electron chi connectivity index (χ0n) is 13.3. The number of benzene rings is 2. The number of hydrogen-bond donors (Lipinski definition) is 1. The zero-order valence-corrected chi connectivity index (χ0v) is 14.8. The highest BCUT2D eigenvalue weighted by atomic mass is 35.5. The van der Waals surface area contributed by atoms with E-state index in [2.05, 4.69) is 19.2 Å². The molecular weight excluding hydrogens is 333 g/mol. The van der Waals surface area contributed by atoms with Gasteiger partial charge in [-0.1, -0.05) is 55.2 Å². The van der Waals surface area contributed by atoms with Crippen molar-refractivity contribution in [3.63, 3.8) is 0 Å². The highest BCUT2D eigenvalue weighted by Gasteiger charge is 2.18. The van der Waals surface area contributed by atoms with E-state index in [1.54, 1.807) is 25.1 Å². The van der Waals surface area contributed by atoms with Crippen molar-refractivity contribution in [2.45, 2.75) is 32.8 Å². The second-order valence-electron chi connectivity index (χ2n) is 5.57. The first-order valence-electron chi connectivity index (χ1n) is 7.40. The van der Waals surface area contributed by atoms with Crippen LogP contribution in [0.4, 0.5) is 5.69 Å². The normalized spacial score (nSPS) is 12.1. The highest BCUT2D eigenvalue weighted by molar-refractivity contribution is 6.35. The molecule has 0 saturated carbocycles. The number of carbonyl (C=O) groups excluding carboxylic acids is 1. The standard InChI is InChI=1S/C18H19Cl2NO2/c1-11(2)14-6-4-5-7-16(14)21-18(22)12(3)23-17-9-8-13(19)10-15(17)20/h4-12H,1-3H3,(H,21,22)/t12-/m0/s1. The average Bonchev–Trinajstić information content (AvgIpc) is 2.50. The van der Waals surface area contributed by atoms with E-state index in [4.69, 9.17) is 27.9 Å². The van der Waals surface area contributed by atoms with Crippen LogP contribution in [0.25, 0.3) is 0 Å². The molecule has 1 atom stereocenters. The summed E-state index contributed by atoms with van der Waals surface area (Å²) < 4.78 is 5.63. The van der Waals surface area contributed by atoms with E-state index in [1.165, 1.54) is 0 Å². The minimum atomic E-state index is -0.686. The van der Waals surface area contributed by atoms with Crippen molar-refractivity contribution in [3.05, 3.63) is 58.1 Å². The third-order valence-corrected chi connectivity index (χ3v) is 3.94. The van der Waals surface area contributed by atoms with Crippen LogP contribution in [0.3, 0.4) is 0 Å². The lowest BCUT2D eigenvalue weighted by Crippen LogP contribution is -2.30. The van der Waals surface area contributed by atoms with Crippen LogP contribution in [0.1, 0.15) is 32.3 Å².